The van der Waals surface area contributed by atoms with Crippen LogP contribution in [0.4, 0.5) is 0 Å². The first-order chi connectivity index (χ1) is 4.74. The molecule has 0 bridgehead atoms. The Labute approximate surface area is 61.3 Å². The van der Waals surface area contributed by atoms with E-state index in [2.05, 4.69) is 12.2 Å². The lowest BCUT2D eigenvalue weighted by molar-refractivity contribution is -0.117. The van der Waals surface area contributed by atoms with Gasteiger partial charge in [0.2, 0.25) is 5.91 Å². The molecule has 0 aromatic heterocycles. The fourth-order valence-corrected chi connectivity index (χ4v) is 0.655. The van der Waals surface area contributed by atoms with E-state index < -0.39 is 0 Å². The molecule has 0 heterocycles. The molecule has 1 N–H and O–H groups in total. The summed E-state index contributed by atoms with van der Waals surface area (Å²) < 4.78 is 0. The smallest absolute Gasteiger partial charge is 0.247 e. The molecule has 0 aliphatic heterocycles. The van der Waals surface area contributed by atoms with Gasteiger partial charge in [-0.3, -0.25) is 4.79 Å². The van der Waals surface area contributed by atoms with Gasteiger partial charge in [0.15, 0.2) is 0 Å². The molecule has 0 radical (unpaired) electrons. The Bertz CT molecular complexity index is 172. The maximum atomic E-state index is 11.0. The third-order valence-electron chi connectivity index (χ3n) is 1.69. The van der Waals surface area contributed by atoms with Gasteiger partial charge in [-0.15, -0.1) is 0 Å². The van der Waals surface area contributed by atoms with Crippen molar-refractivity contribution in [1.82, 2.24) is 5.32 Å². The van der Waals surface area contributed by atoms with E-state index >= 15 is 0 Å². The minimum Gasteiger partial charge on any atom is -0.350 e. The molecule has 1 amide bonds. The molecule has 1 atom stereocenters. The van der Waals surface area contributed by atoms with Gasteiger partial charge in [0, 0.05) is 11.6 Å². The highest BCUT2D eigenvalue weighted by Crippen LogP contribution is 2.17. The van der Waals surface area contributed by atoms with Crippen molar-refractivity contribution in [3.8, 4) is 0 Å². The Morgan fingerprint density at radius 3 is 2.90 bits per heavy atom. The van der Waals surface area contributed by atoms with Gasteiger partial charge in [0.1, 0.15) is 0 Å². The Morgan fingerprint density at radius 1 is 1.90 bits per heavy atom. The second-order valence-electron chi connectivity index (χ2n) is 2.72. The third-order valence-corrected chi connectivity index (χ3v) is 1.69. The number of hydrogen-bond donors (Lipinski definition) is 1. The number of nitrogens with one attached hydrogen (secondary N) is 1. The van der Waals surface area contributed by atoms with Crippen molar-refractivity contribution >= 4 is 5.91 Å². The SMILES string of the molecule is CCC(C)NC(=O)C1=CC1. The summed E-state index contributed by atoms with van der Waals surface area (Å²) in [6, 6.07) is 0.314. The maximum Gasteiger partial charge on any atom is 0.247 e. The molecular formula is C8H13NO. The predicted octanol–water partition coefficient (Wildman–Crippen LogP) is 1.23. The number of allylic oxidation sites excluding steroid dienone is 1. The van der Waals surface area contributed by atoms with Crippen LogP contribution in [0.25, 0.3) is 0 Å². The van der Waals surface area contributed by atoms with Crippen LogP contribution in [0.2, 0.25) is 0 Å². The van der Waals surface area contributed by atoms with Gasteiger partial charge in [-0.25, -0.2) is 0 Å². The van der Waals surface area contributed by atoms with Crippen LogP contribution in [0.3, 0.4) is 0 Å². The number of amides is 1. The Balaban J connectivity index is 2.23. The summed E-state index contributed by atoms with van der Waals surface area (Å²) in [6.07, 6.45) is 3.83. The Morgan fingerprint density at radius 2 is 2.50 bits per heavy atom. The van der Waals surface area contributed by atoms with E-state index in [0.29, 0.717) is 6.04 Å². The van der Waals surface area contributed by atoms with Crippen LogP contribution >= 0.6 is 0 Å². The molecule has 0 fully saturated rings. The van der Waals surface area contributed by atoms with Gasteiger partial charge in [0.05, 0.1) is 0 Å². The van der Waals surface area contributed by atoms with Gasteiger partial charge in [-0.05, 0) is 19.8 Å². The standard InChI is InChI=1S/C8H13NO/c1-3-6(2)9-8(10)7-4-5-7/h4,6H,3,5H2,1-2H3,(H,9,10). The van der Waals surface area contributed by atoms with Gasteiger partial charge in [-0.2, -0.15) is 0 Å². The van der Waals surface area contributed by atoms with Gasteiger partial charge < -0.3 is 5.32 Å². The summed E-state index contributed by atoms with van der Waals surface area (Å²) in [5.41, 5.74) is 0.945. The average molecular weight is 139 g/mol. The molecule has 1 aliphatic carbocycles. The topological polar surface area (TPSA) is 29.1 Å². The number of carbonyl (C=O) groups is 1. The predicted molar refractivity (Wildman–Crippen MR) is 40.6 cm³/mol. The van der Waals surface area contributed by atoms with Crippen LogP contribution in [-0.4, -0.2) is 11.9 Å². The first-order valence-electron chi connectivity index (χ1n) is 3.74. The monoisotopic (exact) mass is 139 g/mol. The molecule has 10 heavy (non-hydrogen) atoms. The van der Waals surface area contributed by atoms with E-state index in [9.17, 15) is 4.79 Å². The zero-order chi connectivity index (χ0) is 7.56. The summed E-state index contributed by atoms with van der Waals surface area (Å²) in [5.74, 6) is 0.120. The lowest BCUT2D eigenvalue weighted by atomic mass is 10.2. The summed E-state index contributed by atoms with van der Waals surface area (Å²) in [7, 11) is 0. The summed E-state index contributed by atoms with van der Waals surface area (Å²) in [4.78, 5) is 11.0. The lowest BCUT2D eigenvalue weighted by Crippen LogP contribution is -2.31. The fourth-order valence-electron chi connectivity index (χ4n) is 0.655. The largest absolute Gasteiger partial charge is 0.350 e. The quantitative estimate of drug-likeness (QED) is 0.626. The van der Waals surface area contributed by atoms with Crippen LogP contribution in [0.1, 0.15) is 26.7 Å². The van der Waals surface area contributed by atoms with Gasteiger partial charge >= 0.3 is 0 Å². The molecule has 2 heteroatoms. The number of carbonyl (C=O) groups excluding carboxylic acids is 1. The van der Waals surface area contributed by atoms with E-state index in [1.807, 2.05) is 13.0 Å². The third kappa shape index (κ3) is 1.87. The molecule has 56 valence electrons. The first kappa shape index (κ1) is 7.32. The summed E-state index contributed by atoms with van der Waals surface area (Å²) in [5, 5.41) is 2.88. The zero-order valence-electron chi connectivity index (χ0n) is 6.48. The van der Waals surface area contributed by atoms with Crippen LogP contribution in [0.15, 0.2) is 11.6 Å². The molecule has 0 saturated carbocycles. The Kier molecular flexibility index (Phi) is 2.10. The molecular weight excluding hydrogens is 126 g/mol. The molecule has 1 unspecified atom stereocenters. The highest BCUT2D eigenvalue weighted by atomic mass is 16.1. The summed E-state index contributed by atoms with van der Waals surface area (Å²) in [6.45, 7) is 4.08. The van der Waals surface area contributed by atoms with E-state index in [1.165, 1.54) is 0 Å². The zero-order valence-corrected chi connectivity index (χ0v) is 6.48. The normalized spacial score (nSPS) is 17.6. The van der Waals surface area contributed by atoms with Crippen LogP contribution in [0.5, 0.6) is 0 Å². The van der Waals surface area contributed by atoms with Crippen molar-refractivity contribution in [1.29, 1.82) is 0 Å². The first-order valence-corrected chi connectivity index (χ1v) is 3.74. The van der Waals surface area contributed by atoms with Gasteiger partial charge in [0.25, 0.3) is 0 Å². The second-order valence-corrected chi connectivity index (χ2v) is 2.72. The van der Waals surface area contributed by atoms with Crippen molar-refractivity contribution in [2.45, 2.75) is 32.7 Å². The average Bonchev–Trinajstić information content (AvgIpc) is 2.68. The highest BCUT2D eigenvalue weighted by Gasteiger charge is 2.17. The molecule has 1 rings (SSSR count). The van der Waals surface area contributed by atoms with Crippen molar-refractivity contribution < 1.29 is 4.79 Å². The molecule has 2 nitrogen and oxygen atoms in total. The van der Waals surface area contributed by atoms with E-state index in [1.54, 1.807) is 0 Å². The fraction of sp³-hybridized carbons (Fsp3) is 0.625. The van der Waals surface area contributed by atoms with Crippen molar-refractivity contribution in [3.05, 3.63) is 11.6 Å². The summed E-state index contributed by atoms with van der Waals surface area (Å²) >= 11 is 0. The molecule has 1 aliphatic rings. The number of hydrogen-bond acceptors (Lipinski definition) is 1. The van der Waals surface area contributed by atoms with Gasteiger partial charge in [-0.1, -0.05) is 13.0 Å². The van der Waals surface area contributed by atoms with E-state index in [0.717, 1.165) is 18.4 Å². The minimum atomic E-state index is 0.120. The molecule has 0 saturated heterocycles. The highest BCUT2D eigenvalue weighted by molar-refractivity contribution is 5.97. The minimum absolute atomic E-state index is 0.120. The van der Waals surface area contributed by atoms with E-state index in [4.69, 9.17) is 0 Å². The van der Waals surface area contributed by atoms with E-state index in [-0.39, 0.29) is 5.91 Å². The second kappa shape index (κ2) is 2.86. The van der Waals surface area contributed by atoms with Crippen molar-refractivity contribution in [3.63, 3.8) is 0 Å². The molecule has 0 spiro atoms. The molecule has 0 aromatic carbocycles. The van der Waals surface area contributed by atoms with Crippen LogP contribution in [-0.2, 0) is 4.79 Å². The van der Waals surface area contributed by atoms with Crippen LogP contribution in [0, 0.1) is 0 Å². The Hall–Kier alpha value is -0.790. The lowest BCUT2D eigenvalue weighted by Gasteiger charge is -2.08. The van der Waals surface area contributed by atoms with Crippen molar-refractivity contribution in [2.75, 3.05) is 0 Å². The van der Waals surface area contributed by atoms with Crippen molar-refractivity contribution in [2.24, 2.45) is 0 Å². The maximum absolute atomic E-state index is 11.0. The number of rotatable bonds is 3. The van der Waals surface area contributed by atoms with Crippen LogP contribution < -0.4 is 5.32 Å². The molecule has 0 aromatic rings.